The Balaban J connectivity index is 1.91. The molecule has 0 unspecified atom stereocenters. The van der Waals surface area contributed by atoms with Crippen molar-refractivity contribution in [3.8, 4) is 0 Å². The first-order valence-electron chi connectivity index (χ1n) is 9.14. The number of pyridine rings is 1. The van der Waals surface area contributed by atoms with Crippen LogP contribution in [0.2, 0.25) is 0 Å². The van der Waals surface area contributed by atoms with E-state index in [0.717, 1.165) is 36.6 Å². The molecule has 1 aromatic carbocycles. The highest BCUT2D eigenvalue weighted by Crippen LogP contribution is 2.23. The lowest BCUT2D eigenvalue weighted by Gasteiger charge is -2.27. The molecule has 2 aromatic rings. The number of carbonyl (C=O) groups is 1. The van der Waals surface area contributed by atoms with Gasteiger partial charge in [-0.15, -0.1) is 0 Å². The number of hydrogen-bond donors (Lipinski definition) is 2. The van der Waals surface area contributed by atoms with E-state index in [4.69, 9.17) is 5.11 Å². The maximum Gasteiger partial charge on any atom is 0.263 e. The van der Waals surface area contributed by atoms with Gasteiger partial charge in [-0.1, -0.05) is 25.1 Å². The first-order chi connectivity index (χ1) is 12.1. The van der Waals surface area contributed by atoms with Gasteiger partial charge < -0.3 is 15.0 Å². The van der Waals surface area contributed by atoms with Crippen molar-refractivity contribution in [1.29, 1.82) is 0 Å². The highest BCUT2D eigenvalue weighted by atomic mass is 16.3. The number of aryl methyl sites for hydroxylation is 1. The number of aliphatic hydroxyl groups excluding tert-OH is 1. The van der Waals surface area contributed by atoms with Crippen LogP contribution in [0, 0.1) is 5.92 Å². The van der Waals surface area contributed by atoms with Crippen LogP contribution >= 0.6 is 0 Å². The van der Waals surface area contributed by atoms with Crippen molar-refractivity contribution in [3.05, 3.63) is 46.2 Å². The summed E-state index contributed by atoms with van der Waals surface area (Å²) in [5.41, 5.74) is 0.702. The molecular formula is C20H26N2O3. The minimum absolute atomic E-state index is 0.0114. The van der Waals surface area contributed by atoms with Crippen molar-refractivity contribution >= 4 is 16.8 Å². The third-order valence-corrected chi connectivity index (χ3v) is 5.14. The van der Waals surface area contributed by atoms with Gasteiger partial charge in [0.2, 0.25) is 0 Å². The molecule has 5 nitrogen and oxygen atoms in total. The molecule has 5 heteroatoms. The number of aliphatic hydroxyl groups is 1. The van der Waals surface area contributed by atoms with Crippen LogP contribution in [0.25, 0.3) is 10.9 Å². The standard InChI is InChI=1S/C20H26N2O3/c1-14-7-9-16(10-8-14)21-19(24)17-13-15-5-2-3-6-18(15)22(20(17)25)11-4-12-23/h2-3,5-6,13-14,16,23H,4,7-12H2,1H3,(H,21,24). The maximum atomic E-state index is 12.8. The van der Waals surface area contributed by atoms with Gasteiger partial charge in [0.15, 0.2) is 0 Å². The molecule has 2 N–H and O–H groups in total. The van der Waals surface area contributed by atoms with Gasteiger partial charge in [-0.2, -0.15) is 0 Å². The number of nitrogens with one attached hydrogen (secondary N) is 1. The van der Waals surface area contributed by atoms with Gasteiger partial charge in [-0.3, -0.25) is 9.59 Å². The Morgan fingerprint density at radius 2 is 1.96 bits per heavy atom. The van der Waals surface area contributed by atoms with Crippen LogP contribution in [0.3, 0.4) is 0 Å². The Hall–Kier alpha value is -2.14. The average Bonchev–Trinajstić information content (AvgIpc) is 2.62. The average molecular weight is 342 g/mol. The SMILES string of the molecule is CC1CCC(NC(=O)c2cc3ccccc3n(CCCO)c2=O)CC1. The number of hydrogen-bond acceptors (Lipinski definition) is 3. The van der Waals surface area contributed by atoms with Crippen molar-refractivity contribution in [1.82, 2.24) is 9.88 Å². The second-order valence-electron chi connectivity index (χ2n) is 7.08. The number of benzene rings is 1. The number of nitrogens with zero attached hydrogens (tertiary/aromatic N) is 1. The zero-order chi connectivity index (χ0) is 17.8. The Bertz CT molecular complexity index is 804. The molecule has 134 valence electrons. The first-order valence-corrected chi connectivity index (χ1v) is 9.14. The molecule has 0 atom stereocenters. The number of aromatic nitrogens is 1. The topological polar surface area (TPSA) is 71.3 Å². The van der Waals surface area contributed by atoms with Gasteiger partial charge in [0.05, 0.1) is 5.52 Å². The summed E-state index contributed by atoms with van der Waals surface area (Å²) >= 11 is 0. The van der Waals surface area contributed by atoms with Crippen molar-refractivity contribution in [2.24, 2.45) is 5.92 Å². The molecule has 1 aliphatic carbocycles. The van der Waals surface area contributed by atoms with Crippen molar-refractivity contribution in [3.63, 3.8) is 0 Å². The Morgan fingerprint density at radius 3 is 2.68 bits per heavy atom. The van der Waals surface area contributed by atoms with Gasteiger partial charge in [0.25, 0.3) is 11.5 Å². The molecular weight excluding hydrogens is 316 g/mol. The lowest BCUT2D eigenvalue weighted by Crippen LogP contribution is -2.40. The summed E-state index contributed by atoms with van der Waals surface area (Å²) < 4.78 is 1.60. The summed E-state index contributed by atoms with van der Waals surface area (Å²) in [5.74, 6) is 0.428. The third kappa shape index (κ3) is 3.93. The molecule has 3 rings (SSSR count). The van der Waals surface area contributed by atoms with E-state index in [2.05, 4.69) is 12.2 Å². The molecule has 1 amide bonds. The van der Waals surface area contributed by atoms with E-state index in [1.165, 1.54) is 0 Å². The number of carbonyl (C=O) groups excluding carboxylic acids is 1. The summed E-state index contributed by atoms with van der Waals surface area (Å²) in [6.45, 7) is 2.65. The summed E-state index contributed by atoms with van der Waals surface area (Å²) in [6.07, 6.45) is 4.65. The Morgan fingerprint density at radius 1 is 1.24 bits per heavy atom. The maximum absolute atomic E-state index is 12.8. The van der Waals surface area contributed by atoms with Gasteiger partial charge >= 0.3 is 0 Å². The van der Waals surface area contributed by atoms with Crippen LogP contribution in [-0.2, 0) is 6.54 Å². The van der Waals surface area contributed by atoms with Crippen molar-refractivity contribution in [2.45, 2.75) is 51.6 Å². The van der Waals surface area contributed by atoms with Crippen LogP contribution < -0.4 is 10.9 Å². The minimum Gasteiger partial charge on any atom is -0.396 e. The monoisotopic (exact) mass is 342 g/mol. The number of para-hydroxylation sites is 1. The van der Waals surface area contributed by atoms with E-state index in [9.17, 15) is 9.59 Å². The molecule has 1 saturated carbocycles. The van der Waals surface area contributed by atoms with Crippen LogP contribution in [0.1, 0.15) is 49.4 Å². The normalized spacial score (nSPS) is 20.6. The van der Waals surface area contributed by atoms with Crippen LogP contribution in [0.5, 0.6) is 0 Å². The predicted molar refractivity (Wildman–Crippen MR) is 98.8 cm³/mol. The lowest BCUT2D eigenvalue weighted by molar-refractivity contribution is 0.0921. The third-order valence-electron chi connectivity index (χ3n) is 5.14. The summed E-state index contributed by atoms with van der Waals surface area (Å²) in [5, 5.41) is 13.0. The van der Waals surface area contributed by atoms with E-state index in [1.807, 2.05) is 24.3 Å². The Labute approximate surface area is 147 Å². The van der Waals surface area contributed by atoms with Crippen LogP contribution in [0.4, 0.5) is 0 Å². The fourth-order valence-electron chi connectivity index (χ4n) is 3.61. The lowest BCUT2D eigenvalue weighted by atomic mass is 9.87. The number of rotatable bonds is 5. The molecule has 0 bridgehead atoms. The summed E-state index contributed by atoms with van der Waals surface area (Å²) in [4.78, 5) is 25.6. The van der Waals surface area contributed by atoms with Crippen LogP contribution in [-0.4, -0.2) is 28.2 Å². The van der Waals surface area contributed by atoms with Gasteiger partial charge in [0.1, 0.15) is 5.56 Å². The van der Waals surface area contributed by atoms with E-state index in [0.29, 0.717) is 18.9 Å². The molecule has 1 aromatic heterocycles. The fourth-order valence-corrected chi connectivity index (χ4v) is 3.61. The van der Waals surface area contributed by atoms with Gasteiger partial charge in [0, 0.05) is 19.2 Å². The molecule has 0 radical (unpaired) electrons. The molecule has 0 spiro atoms. The molecule has 1 fully saturated rings. The highest BCUT2D eigenvalue weighted by Gasteiger charge is 2.22. The molecule has 0 aliphatic heterocycles. The summed E-state index contributed by atoms with van der Waals surface area (Å²) in [7, 11) is 0. The molecule has 0 saturated heterocycles. The summed E-state index contributed by atoms with van der Waals surface area (Å²) in [6, 6.07) is 9.39. The first kappa shape index (κ1) is 17.7. The molecule has 1 heterocycles. The number of amides is 1. The zero-order valence-electron chi connectivity index (χ0n) is 14.7. The predicted octanol–water partition coefficient (Wildman–Crippen LogP) is 2.69. The second-order valence-corrected chi connectivity index (χ2v) is 7.08. The quantitative estimate of drug-likeness (QED) is 0.877. The van der Waals surface area contributed by atoms with E-state index in [1.54, 1.807) is 10.6 Å². The zero-order valence-corrected chi connectivity index (χ0v) is 14.7. The van der Waals surface area contributed by atoms with E-state index < -0.39 is 0 Å². The smallest absolute Gasteiger partial charge is 0.263 e. The van der Waals surface area contributed by atoms with Crippen molar-refractivity contribution in [2.75, 3.05) is 6.61 Å². The minimum atomic E-state index is -0.284. The van der Waals surface area contributed by atoms with E-state index in [-0.39, 0.29) is 29.7 Å². The molecule has 1 aliphatic rings. The number of fused-ring (bicyclic) bond motifs is 1. The van der Waals surface area contributed by atoms with E-state index >= 15 is 0 Å². The molecule has 25 heavy (non-hydrogen) atoms. The fraction of sp³-hybridized carbons (Fsp3) is 0.500. The van der Waals surface area contributed by atoms with Gasteiger partial charge in [-0.25, -0.2) is 0 Å². The second kappa shape index (κ2) is 7.83. The largest absolute Gasteiger partial charge is 0.396 e. The van der Waals surface area contributed by atoms with Crippen molar-refractivity contribution < 1.29 is 9.90 Å². The van der Waals surface area contributed by atoms with Crippen LogP contribution in [0.15, 0.2) is 35.1 Å². The highest BCUT2D eigenvalue weighted by molar-refractivity contribution is 5.97. The van der Waals surface area contributed by atoms with Gasteiger partial charge in [-0.05, 0) is 55.5 Å². The Kier molecular flexibility index (Phi) is 5.53.